The highest BCUT2D eigenvalue weighted by atomic mass is 16.1. The van der Waals surface area contributed by atoms with E-state index >= 15 is 0 Å². The number of nitrogens with two attached hydrogens (primary N) is 1. The van der Waals surface area contributed by atoms with E-state index in [0.717, 1.165) is 90.4 Å². The van der Waals surface area contributed by atoms with Crippen molar-refractivity contribution in [2.75, 3.05) is 70.9 Å². The van der Waals surface area contributed by atoms with E-state index < -0.39 is 0 Å². The van der Waals surface area contributed by atoms with Crippen molar-refractivity contribution in [3.05, 3.63) is 29.8 Å². The number of hydrazine groups is 1. The van der Waals surface area contributed by atoms with E-state index in [1.165, 1.54) is 0 Å². The highest BCUT2D eigenvalue weighted by molar-refractivity contribution is 5.95. The summed E-state index contributed by atoms with van der Waals surface area (Å²) in [6.45, 7) is 11.1. The van der Waals surface area contributed by atoms with Gasteiger partial charge in [0, 0.05) is 50.1 Å². The van der Waals surface area contributed by atoms with Gasteiger partial charge in [-0.1, -0.05) is 19.4 Å². The first-order chi connectivity index (χ1) is 18.7. The van der Waals surface area contributed by atoms with Crippen LogP contribution in [-0.2, 0) is 0 Å². The molecule has 11 nitrogen and oxygen atoms in total. The third kappa shape index (κ3) is 8.33. The van der Waals surface area contributed by atoms with E-state index in [1.807, 2.05) is 24.3 Å². The van der Waals surface area contributed by atoms with Gasteiger partial charge in [0.05, 0.1) is 12.3 Å². The molecule has 3 heterocycles. The summed E-state index contributed by atoms with van der Waals surface area (Å²) in [5.41, 5.74) is 14.3. The monoisotopic (exact) mass is 530 g/mol. The highest BCUT2D eigenvalue weighted by Crippen LogP contribution is 2.22. The van der Waals surface area contributed by atoms with Gasteiger partial charge in [0.25, 0.3) is 5.91 Å². The van der Waals surface area contributed by atoms with Gasteiger partial charge in [0.2, 0.25) is 0 Å². The molecule has 0 aromatic heterocycles. The number of hydrogen-bond acceptors (Lipinski definition) is 10. The number of carbonyl (C=O) groups excluding carboxylic acids is 1. The molecule has 4 rings (SSSR count). The number of nitrogens with zero attached hydrogens (tertiary/aromatic N) is 1. The van der Waals surface area contributed by atoms with Crippen LogP contribution in [0.1, 0.15) is 43.0 Å². The van der Waals surface area contributed by atoms with Crippen molar-refractivity contribution in [3.63, 3.8) is 0 Å². The van der Waals surface area contributed by atoms with E-state index in [2.05, 4.69) is 54.6 Å². The minimum absolute atomic E-state index is 0.00456. The van der Waals surface area contributed by atoms with Crippen molar-refractivity contribution < 1.29 is 4.79 Å². The molecule has 38 heavy (non-hydrogen) atoms. The SMILES string of the molecule is CCC1CNCCC1CNC(=O)c1cccc(NCC2NNC(C3CCNCN3)N2CCNCCCN)c1. The second-order valence-electron chi connectivity index (χ2n) is 10.7. The van der Waals surface area contributed by atoms with Crippen LogP contribution in [0, 0.1) is 11.8 Å². The molecular formula is C27H50N10O. The molecule has 10 N–H and O–H groups in total. The minimum Gasteiger partial charge on any atom is -0.382 e. The van der Waals surface area contributed by atoms with Crippen LogP contribution in [0.5, 0.6) is 0 Å². The molecule has 3 saturated heterocycles. The molecule has 214 valence electrons. The largest absolute Gasteiger partial charge is 0.382 e. The standard InChI is InChI=1S/C27H50N10O/c1-2-20-16-30-11-7-22(20)17-33-27(38)21-5-3-6-23(15-21)32-18-25-35-36-26(24-8-12-31-19-34-24)37(25)14-13-29-10-4-9-28/h3,5-6,15,20,22,24-26,29-32,34-36H,2,4,7-14,16-19,28H2,1H3,(H,33,38). The summed E-state index contributed by atoms with van der Waals surface area (Å²) < 4.78 is 0. The number of anilines is 1. The van der Waals surface area contributed by atoms with Crippen molar-refractivity contribution in [2.45, 2.75) is 51.0 Å². The fraction of sp³-hybridized carbons (Fsp3) is 0.741. The van der Waals surface area contributed by atoms with Gasteiger partial charge < -0.3 is 32.3 Å². The smallest absolute Gasteiger partial charge is 0.251 e. The molecule has 0 bridgehead atoms. The van der Waals surface area contributed by atoms with Crippen molar-refractivity contribution in [1.82, 2.24) is 42.3 Å². The minimum atomic E-state index is 0.00456. The van der Waals surface area contributed by atoms with Crippen LogP contribution < -0.4 is 48.5 Å². The van der Waals surface area contributed by atoms with Crippen LogP contribution in [0.25, 0.3) is 0 Å². The molecule has 0 saturated carbocycles. The van der Waals surface area contributed by atoms with Crippen molar-refractivity contribution in [1.29, 1.82) is 0 Å². The van der Waals surface area contributed by atoms with Gasteiger partial charge in [-0.05, 0) is 82.0 Å². The summed E-state index contributed by atoms with van der Waals surface area (Å²) in [5, 5.41) is 20.7. The third-order valence-corrected chi connectivity index (χ3v) is 8.20. The maximum Gasteiger partial charge on any atom is 0.251 e. The van der Waals surface area contributed by atoms with Crippen LogP contribution in [-0.4, -0.2) is 94.8 Å². The lowest BCUT2D eigenvalue weighted by molar-refractivity contribution is 0.0935. The van der Waals surface area contributed by atoms with E-state index in [1.54, 1.807) is 0 Å². The lowest BCUT2D eigenvalue weighted by Crippen LogP contribution is -2.59. The van der Waals surface area contributed by atoms with Gasteiger partial charge in [-0.3, -0.25) is 15.0 Å². The second-order valence-corrected chi connectivity index (χ2v) is 10.7. The van der Waals surface area contributed by atoms with E-state index in [9.17, 15) is 4.79 Å². The fourth-order valence-electron chi connectivity index (χ4n) is 5.85. The lowest BCUT2D eigenvalue weighted by Gasteiger charge is -2.36. The number of rotatable bonds is 14. The third-order valence-electron chi connectivity index (χ3n) is 8.20. The Morgan fingerprint density at radius 1 is 1.11 bits per heavy atom. The normalized spacial score (nSPS) is 28.3. The van der Waals surface area contributed by atoms with Gasteiger partial charge in [0.1, 0.15) is 0 Å². The Morgan fingerprint density at radius 2 is 2.00 bits per heavy atom. The number of benzene rings is 1. The molecule has 11 heteroatoms. The second kappa shape index (κ2) is 15.7. The zero-order valence-corrected chi connectivity index (χ0v) is 23.0. The van der Waals surface area contributed by atoms with Crippen LogP contribution >= 0.6 is 0 Å². The zero-order valence-electron chi connectivity index (χ0n) is 23.0. The molecule has 0 spiro atoms. The quantitative estimate of drug-likeness (QED) is 0.143. The predicted molar refractivity (Wildman–Crippen MR) is 154 cm³/mol. The number of hydrogen-bond donors (Lipinski definition) is 9. The first-order valence-corrected chi connectivity index (χ1v) is 14.6. The molecule has 1 amide bonds. The van der Waals surface area contributed by atoms with E-state index in [-0.39, 0.29) is 18.2 Å². The first-order valence-electron chi connectivity index (χ1n) is 14.6. The van der Waals surface area contributed by atoms with Gasteiger partial charge in [-0.25, -0.2) is 10.9 Å². The topological polar surface area (TPSA) is 143 Å². The van der Waals surface area contributed by atoms with Crippen molar-refractivity contribution >= 4 is 11.6 Å². The molecular weight excluding hydrogens is 480 g/mol. The van der Waals surface area contributed by atoms with Crippen LogP contribution in [0.2, 0.25) is 0 Å². The van der Waals surface area contributed by atoms with Gasteiger partial charge in [-0.2, -0.15) is 0 Å². The Balaban J connectivity index is 1.30. The summed E-state index contributed by atoms with van der Waals surface area (Å²) in [6.07, 6.45) is 4.66. The molecule has 1 aromatic rings. The molecule has 3 fully saturated rings. The first kappa shape index (κ1) is 29.2. The predicted octanol–water partition coefficient (Wildman–Crippen LogP) is -0.627. The van der Waals surface area contributed by atoms with Gasteiger partial charge >= 0.3 is 0 Å². The Hall–Kier alpha value is -1.83. The number of amides is 1. The average Bonchev–Trinajstić information content (AvgIpc) is 3.38. The Bertz CT molecular complexity index is 836. The molecule has 0 radical (unpaired) electrons. The summed E-state index contributed by atoms with van der Waals surface area (Å²) in [4.78, 5) is 15.4. The Labute approximate surface area is 228 Å². The molecule has 3 aliphatic heterocycles. The zero-order chi connectivity index (χ0) is 26.6. The average molecular weight is 531 g/mol. The molecule has 1 aromatic carbocycles. The lowest BCUT2D eigenvalue weighted by atomic mass is 9.84. The molecule has 5 atom stereocenters. The molecule has 0 aliphatic carbocycles. The number of piperidine rings is 1. The van der Waals surface area contributed by atoms with Crippen LogP contribution in [0.3, 0.4) is 0 Å². The molecule has 5 unspecified atom stereocenters. The Kier molecular flexibility index (Phi) is 12.0. The van der Waals surface area contributed by atoms with Crippen LogP contribution in [0.15, 0.2) is 24.3 Å². The summed E-state index contributed by atoms with van der Waals surface area (Å²) in [5.74, 6) is 1.18. The highest BCUT2D eigenvalue weighted by Gasteiger charge is 2.37. The van der Waals surface area contributed by atoms with Gasteiger partial charge in [-0.15, -0.1) is 0 Å². The van der Waals surface area contributed by atoms with E-state index in [4.69, 9.17) is 5.73 Å². The van der Waals surface area contributed by atoms with Crippen molar-refractivity contribution in [2.24, 2.45) is 17.6 Å². The van der Waals surface area contributed by atoms with Crippen LogP contribution in [0.4, 0.5) is 5.69 Å². The van der Waals surface area contributed by atoms with Crippen molar-refractivity contribution in [3.8, 4) is 0 Å². The number of carbonyl (C=O) groups is 1. The van der Waals surface area contributed by atoms with Gasteiger partial charge in [0.15, 0.2) is 0 Å². The summed E-state index contributed by atoms with van der Waals surface area (Å²) >= 11 is 0. The maximum absolute atomic E-state index is 12.9. The number of nitrogens with one attached hydrogen (secondary N) is 8. The summed E-state index contributed by atoms with van der Waals surface area (Å²) in [6, 6.07) is 8.22. The maximum atomic E-state index is 12.9. The summed E-state index contributed by atoms with van der Waals surface area (Å²) in [7, 11) is 0. The fourth-order valence-corrected chi connectivity index (χ4v) is 5.85. The Morgan fingerprint density at radius 3 is 2.82 bits per heavy atom. The molecule has 3 aliphatic rings. The van der Waals surface area contributed by atoms with E-state index in [0.29, 0.717) is 30.0 Å².